The van der Waals surface area contributed by atoms with Crippen molar-refractivity contribution in [1.29, 1.82) is 0 Å². The van der Waals surface area contributed by atoms with E-state index in [0.717, 1.165) is 11.1 Å². The van der Waals surface area contributed by atoms with Crippen LogP contribution in [0.15, 0.2) is 59.2 Å². The smallest absolute Gasteiger partial charge is 0.261 e. The third kappa shape index (κ3) is 5.14. The van der Waals surface area contributed by atoms with E-state index >= 15 is 0 Å². The number of nitrogens with zero attached hydrogens (tertiary/aromatic N) is 1. The second-order valence-corrected chi connectivity index (χ2v) is 7.05. The van der Waals surface area contributed by atoms with Crippen LogP contribution < -0.4 is 4.74 Å². The zero-order chi connectivity index (χ0) is 20.1. The van der Waals surface area contributed by atoms with Crippen molar-refractivity contribution >= 4 is 17.5 Å². The van der Waals surface area contributed by atoms with Crippen LogP contribution in [0.3, 0.4) is 0 Å². The summed E-state index contributed by atoms with van der Waals surface area (Å²) < 4.78 is 25.2. The fraction of sp³-hybridized carbons (Fsp3) is 0.227. The van der Waals surface area contributed by atoms with E-state index in [-0.39, 0.29) is 36.2 Å². The summed E-state index contributed by atoms with van der Waals surface area (Å²) in [5.41, 5.74) is 2.36. The molecule has 6 heteroatoms. The summed E-state index contributed by atoms with van der Waals surface area (Å²) in [5, 5.41) is 0.271. The maximum Gasteiger partial charge on any atom is 0.261 e. The van der Waals surface area contributed by atoms with E-state index < -0.39 is 5.82 Å². The van der Waals surface area contributed by atoms with Gasteiger partial charge in [0.05, 0.1) is 19.4 Å². The fourth-order valence-electron chi connectivity index (χ4n) is 2.95. The van der Waals surface area contributed by atoms with Crippen LogP contribution in [0.25, 0.3) is 0 Å². The van der Waals surface area contributed by atoms with Crippen molar-refractivity contribution in [3.05, 3.63) is 88.1 Å². The number of rotatable bonds is 7. The highest BCUT2D eigenvalue weighted by Crippen LogP contribution is 2.22. The minimum atomic E-state index is -0.458. The van der Waals surface area contributed by atoms with Crippen LogP contribution in [0, 0.1) is 19.7 Å². The normalized spacial score (nSPS) is 10.7. The zero-order valence-corrected chi connectivity index (χ0v) is 16.5. The van der Waals surface area contributed by atoms with Gasteiger partial charge in [-0.1, -0.05) is 23.7 Å². The number of amides is 1. The molecule has 3 aromatic rings. The molecule has 0 aliphatic carbocycles. The molecule has 1 amide bonds. The predicted molar refractivity (Wildman–Crippen MR) is 106 cm³/mol. The molecule has 1 heterocycles. The Morgan fingerprint density at radius 3 is 2.50 bits per heavy atom. The first-order valence-corrected chi connectivity index (χ1v) is 9.24. The van der Waals surface area contributed by atoms with Crippen LogP contribution in [0.4, 0.5) is 4.39 Å². The number of hydrogen-bond acceptors (Lipinski definition) is 3. The van der Waals surface area contributed by atoms with E-state index in [1.807, 2.05) is 32.0 Å². The topological polar surface area (TPSA) is 42.7 Å². The molecule has 3 rings (SSSR count). The van der Waals surface area contributed by atoms with Crippen molar-refractivity contribution in [3.8, 4) is 5.75 Å². The van der Waals surface area contributed by atoms with Crippen molar-refractivity contribution in [3.63, 3.8) is 0 Å². The van der Waals surface area contributed by atoms with Crippen LogP contribution in [-0.2, 0) is 17.9 Å². The number of halogens is 2. The van der Waals surface area contributed by atoms with Crippen LogP contribution in [0.5, 0.6) is 5.75 Å². The van der Waals surface area contributed by atoms with Gasteiger partial charge < -0.3 is 14.1 Å². The first kappa shape index (κ1) is 20.0. The van der Waals surface area contributed by atoms with Crippen molar-refractivity contribution in [2.45, 2.75) is 26.9 Å². The Balaban J connectivity index is 1.76. The van der Waals surface area contributed by atoms with Gasteiger partial charge in [0.2, 0.25) is 0 Å². The summed E-state index contributed by atoms with van der Waals surface area (Å²) in [5.74, 6) is 0.454. The third-order valence-corrected chi connectivity index (χ3v) is 4.60. The fourth-order valence-corrected chi connectivity index (χ4v) is 3.17. The molecule has 0 bridgehead atoms. The minimum absolute atomic E-state index is 0.0151. The van der Waals surface area contributed by atoms with Crippen LogP contribution in [0.2, 0.25) is 5.02 Å². The van der Waals surface area contributed by atoms with Crippen LogP contribution in [0.1, 0.15) is 22.5 Å². The van der Waals surface area contributed by atoms with E-state index in [1.165, 1.54) is 23.3 Å². The van der Waals surface area contributed by atoms with Gasteiger partial charge in [-0.15, -0.1) is 0 Å². The molecule has 1 aromatic heterocycles. The quantitative estimate of drug-likeness (QED) is 0.539. The minimum Gasteiger partial charge on any atom is -0.484 e. The number of aryl methyl sites for hydroxylation is 2. The van der Waals surface area contributed by atoms with Crippen LogP contribution >= 0.6 is 11.6 Å². The number of carbonyl (C=O) groups is 1. The standard InChI is InChI=1S/C22H21ClFNO3/c1-15-9-16(2)11-18(10-15)28-14-22(26)25(12-17-5-4-8-27-17)13-19-20(23)6-3-7-21(19)24/h3-11H,12-14H2,1-2H3. The molecule has 4 nitrogen and oxygen atoms in total. The maximum absolute atomic E-state index is 14.2. The molecule has 28 heavy (non-hydrogen) atoms. The SMILES string of the molecule is Cc1cc(C)cc(OCC(=O)N(Cc2ccco2)Cc2c(F)cccc2Cl)c1. The highest BCUT2D eigenvalue weighted by Gasteiger charge is 2.20. The lowest BCUT2D eigenvalue weighted by Crippen LogP contribution is -2.34. The molecular formula is C22H21ClFNO3. The first-order valence-electron chi connectivity index (χ1n) is 8.86. The molecule has 0 fully saturated rings. The van der Waals surface area contributed by atoms with Crippen molar-refractivity contribution < 1.29 is 18.3 Å². The predicted octanol–water partition coefficient (Wildman–Crippen LogP) is 5.30. The number of furan rings is 1. The Morgan fingerprint density at radius 1 is 1.11 bits per heavy atom. The molecule has 0 saturated heterocycles. The Kier molecular flexibility index (Phi) is 6.37. The Hall–Kier alpha value is -2.79. The average Bonchev–Trinajstić information content (AvgIpc) is 3.14. The highest BCUT2D eigenvalue weighted by molar-refractivity contribution is 6.31. The molecule has 2 aromatic carbocycles. The van der Waals surface area contributed by atoms with Gasteiger partial charge in [-0.05, 0) is 61.4 Å². The third-order valence-electron chi connectivity index (χ3n) is 4.25. The molecule has 0 unspecified atom stereocenters. The molecule has 0 spiro atoms. The Labute approximate surface area is 168 Å². The van der Waals surface area contributed by atoms with E-state index in [2.05, 4.69) is 0 Å². The number of benzene rings is 2. The number of hydrogen-bond donors (Lipinski definition) is 0. The molecular weight excluding hydrogens is 381 g/mol. The molecule has 0 aliphatic rings. The van der Waals surface area contributed by atoms with Gasteiger partial charge >= 0.3 is 0 Å². The van der Waals surface area contributed by atoms with Gasteiger partial charge in [-0.3, -0.25) is 4.79 Å². The van der Waals surface area contributed by atoms with E-state index in [1.54, 1.807) is 18.2 Å². The van der Waals surface area contributed by atoms with Crippen molar-refractivity contribution in [1.82, 2.24) is 4.90 Å². The largest absolute Gasteiger partial charge is 0.484 e. The summed E-state index contributed by atoms with van der Waals surface area (Å²) in [4.78, 5) is 14.3. The molecule has 0 N–H and O–H groups in total. The Morgan fingerprint density at radius 2 is 1.86 bits per heavy atom. The summed E-state index contributed by atoms with van der Waals surface area (Å²) in [7, 11) is 0. The van der Waals surface area contributed by atoms with Gasteiger partial charge in [-0.2, -0.15) is 0 Å². The second kappa shape index (κ2) is 8.93. The van der Waals surface area contributed by atoms with E-state index in [4.69, 9.17) is 20.8 Å². The van der Waals surface area contributed by atoms with E-state index in [0.29, 0.717) is 11.5 Å². The van der Waals surface area contributed by atoms with Crippen molar-refractivity contribution in [2.24, 2.45) is 0 Å². The lowest BCUT2D eigenvalue weighted by molar-refractivity contribution is -0.134. The second-order valence-electron chi connectivity index (χ2n) is 6.64. The number of carbonyl (C=O) groups excluding carboxylic acids is 1. The average molecular weight is 402 g/mol. The van der Waals surface area contributed by atoms with Gasteiger partial charge in [-0.25, -0.2) is 4.39 Å². The Bertz CT molecular complexity index is 916. The molecule has 0 radical (unpaired) electrons. The van der Waals surface area contributed by atoms with Gasteiger partial charge in [0.15, 0.2) is 6.61 Å². The van der Waals surface area contributed by atoms with E-state index in [9.17, 15) is 9.18 Å². The summed E-state index contributed by atoms with van der Waals surface area (Å²) in [6.07, 6.45) is 1.53. The van der Waals surface area contributed by atoms with Gasteiger partial charge in [0, 0.05) is 10.6 Å². The molecule has 0 atom stereocenters. The summed E-state index contributed by atoms with van der Waals surface area (Å²) >= 11 is 6.14. The molecule has 146 valence electrons. The molecule has 0 aliphatic heterocycles. The first-order chi connectivity index (χ1) is 13.4. The summed E-state index contributed by atoms with van der Waals surface area (Å²) in [6.45, 7) is 3.96. The van der Waals surface area contributed by atoms with Crippen LogP contribution in [-0.4, -0.2) is 17.4 Å². The van der Waals surface area contributed by atoms with Crippen molar-refractivity contribution in [2.75, 3.05) is 6.61 Å². The molecule has 0 saturated carbocycles. The monoisotopic (exact) mass is 401 g/mol. The zero-order valence-electron chi connectivity index (χ0n) is 15.7. The maximum atomic E-state index is 14.2. The lowest BCUT2D eigenvalue weighted by Gasteiger charge is -2.23. The van der Waals surface area contributed by atoms with Gasteiger partial charge in [0.1, 0.15) is 17.3 Å². The van der Waals surface area contributed by atoms with Gasteiger partial charge in [0.25, 0.3) is 5.91 Å². The summed E-state index contributed by atoms with van der Waals surface area (Å²) in [6, 6.07) is 13.7. The number of ether oxygens (including phenoxy) is 1. The lowest BCUT2D eigenvalue weighted by atomic mass is 10.1. The highest BCUT2D eigenvalue weighted by atomic mass is 35.5.